The number of nitrogens with zero attached hydrogens (tertiary/aromatic N) is 3. The van der Waals surface area contributed by atoms with Crippen molar-refractivity contribution >= 4 is 39.8 Å². The zero-order valence-corrected chi connectivity index (χ0v) is 14.7. The van der Waals surface area contributed by atoms with Crippen molar-refractivity contribution in [2.45, 2.75) is 6.54 Å². The number of carbonyl (C=O) groups is 1. The van der Waals surface area contributed by atoms with Crippen LogP contribution in [0, 0.1) is 3.57 Å². The van der Waals surface area contributed by atoms with Crippen LogP contribution in [0.15, 0.2) is 46.3 Å². The number of aromatic nitrogens is 2. The van der Waals surface area contributed by atoms with E-state index in [1.54, 1.807) is 23.3 Å². The highest BCUT2D eigenvalue weighted by atomic mass is 127. The van der Waals surface area contributed by atoms with Crippen molar-refractivity contribution in [1.29, 1.82) is 0 Å². The molecule has 0 saturated carbocycles. The Hall–Kier alpha value is -1.74. The highest BCUT2D eigenvalue weighted by Crippen LogP contribution is 2.22. The van der Waals surface area contributed by atoms with Gasteiger partial charge in [0.2, 0.25) is 11.7 Å². The fourth-order valence-electron chi connectivity index (χ4n) is 1.94. The first-order valence-electron chi connectivity index (χ1n) is 6.51. The Morgan fingerprint density at radius 2 is 2.14 bits per heavy atom. The first-order valence-corrected chi connectivity index (χ1v) is 8.47. The van der Waals surface area contributed by atoms with Gasteiger partial charge in [0.15, 0.2) is 0 Å². The van der Waals surface area contributed by atoms with E-state index in [-0.39, 0.29) is 12.5 Å². The predicted molar refractivity (Wildman–Crippen MR) is 92.6 cm³/mol. The summed E-state index contributed by atoms with van der Waals surface area (Å²) in [6.45, 7) is 0.280. The molecule has 0 aliphatic heterocycles. The van der Waals surface area contributed by atoms with Crippen LogP contribution in [-0.4, -0.2) is 28.0 Å². The number of benzene rings is 1. The highest BCUT2D eigenvalue weighted by molar-refractivity contribution is 14.1. The summed E-state index contributed by atoms with van der Waals surface area (Å²) in [6.07, 6.45) is 0. The third kappa shape index (κ3) is 3.20. The van der Waals surface area contributed by atoms with Gasteiger partial charge in [-0.2, -0.15) is 4.98 Å². The van der Waals surface area contributed by atoms with Gasteiger partial charge in [0, 0.05) is 10.6 Å². The maximum atomic E-state index is 12.4. The molecule has 3 aromatic rings. The van der Waals surface area contributed by atoms with Crippen LogP contribution in [0.5, 0.6) is 0 Å². The molecule has 0 spiro atoms. The van der Waals surface area contributed by atoms with Crippen molar-refractivity contribution in [3.63, 3.8) is 0 Å². The minimum Gasteiger partial charge on any atom is -0.337 e. The van der Waals surface area contributed by atoms with Crippen LogP contribution in [-0.2, 0) is 6.54 Å². The Morgan fingerprint density at radius 3 is 2.86 bits per heavy atom. The number of amides is 1. The van der Waals surface area contributed by atoms with Gasteiger partial charge in [-0.3, -0.25) is 4.79 Å². The quantitative estimate of drug-likeness (QED) is 0.599. The summed E-state index contributed by atoms with van der Waals surface area (Å²) in [5, 5.41) is 5.90. The molecule has 7 heteroatoms. The summed E-state index contributed by atoms with van der Waals surface area (Å²) in [5.41, 5.74) is 0.670. The SMILES string of the molecule is CN(Cc1nc(-c2cccs2)no1)C(=O)c1ccccc1I. The van der Waals surface area contributed by atoms with E-state index in [4.69, 9.17) is 4.52 Å². The van der Waals surface area contributed by atoms with E-state index in [0.717, 1.165) is 8.45 Å². The molecule has 0 radical (unpaired) electrons. The minimum atomic E-state index is -0.0686. The number of halogens is 1. The topological polar surface area (TPSA) is 59.2 Å². The zero-order chi connectivity index (χ0) is 15.5. The van der Waals surface area contributed by atoms with Crippen molar-refractivity contribution in [3.05, 3.63) is 56.8 Å². The van der Waals surface area contributed by atoms with Crippen LogP contribution in [0.25, 0.3) is 10.7 Å². The Balaban J connectivity index is 1.73. The Bertz CT molecular complexity index is 786. The predicted octanol–water partition coefficient (Wildman–Crippen LogP) is 3.67. The average Bonchev–Trinajstić information content (AvgIpc) is 3.17. The van der Waals surface area contributed by atoms with Crippen LogP contribution in [0.4, 0.5) is 0 Å². The molecule has 5 nitrogen and oxygen atoms in total. The standard InChI is InChI=1S/C15H12IN3O2S/c1-19(15(20)10-5-2-3-6-11(10)16)9-13-17-14(18-21-13)12-7-4-8-22-12/h2-8H,9H2,1H3. The second-order valence-electron chi connectivity index (χ2n) is 4.63. The number of hydrogen-bond acceptors (Lipinski definition) is 5. The highest BCUT2D eigenvalue weighted by Gasteiger charge is 2.18. The molecule has 2 aromatic heterocycles. The van der Waals surface area contributed by atoms with Gasteiger partial charge >= 0.3 is 0 Å². The van der Waals surface area contributed by atoms with E-state index in [2.05, 4.69) is 32.7 Å². The van der Waals surface area contributed by atoms with Gasteiger partial charge in [-0.05, 0) is 46.2 Å². The third-order valence-electron chi connectivity index (χ3n) is 3.03. The molecule has 0 saturated heterocycles. The van der Waals surface area contributed by atoms with Crippen molar-refractivity contribution in [1.82, 2.24) is 15.0 Å². The summed E-state index contributed by atoms with van der Waals surface area (Å²) in [6, 6.07) is 11.3. The fraction of sp³-hybridized carbons (Fsp3) is 0.133. The number of rotatable bonds is 4. The number of carbonyl (C=O) groups excluding carboxylic acids is 1. The van der Waals surface area contributed by atoms with Gasteiger partial charge in [0.05, 0.1) is 17.0 Å². The Kier molecular flexibility index (Phi) is 4.53. The van der Waals surface area contributed by atoms with E-state index in [0.29, 0.717) is 17.3 Å². The molecule has 0 fully saturated rings. The lowest BCUT2D eigenvalue weighted by molar-refractivity contribution is 0.0768. The number of hydrogen-bond donors (Lipinski definition) is 0. The molecule has 0 atom stereocenters. The third-order valence-corrected chi connectivity index (χ3v) is 4.84. The second kappa shape index (κ2) is 6.57. The molecule has 2 heterocycles. The smallest absolute Gasteiger partial charge is 0.255 e. The van der Waals surface area contributed by atoms with Crippen molar-refractivity contribution in [3.8, 4) is 10.7 Å². The van der Waals surface area contributed by atoms with Crippen LogP contribution in [0.2, 0.25) is 0 Å². The van der Waals surface area contributed by atoms with Crippen LogP contribution in [0.1, 0.15) is 16.2 Å². The summed E-state index contributed by atoms with van der Waals surface area (Å²) in [5.74, 6) is 0.909. The van der Waals surface area contributed by atoms with Gasteiger partial charge in [-0.1, -0.05) is 23.4 Å². The van der Waals surface area contributed by atoms with E-state index < -0.39 is 0 Å². The van der Waals surface area contributed by atoms with Gasteiger partial charge in [-0.25, -0.2) is 0 Å². The molecule has 0 unspecified atom stereocenters. The summed E-state index contributed by atoms with van der Waals surface area (Å²) < 4.78 is 6.14. The summed E-state index contributed by atoms with van der Waals surface area (Å²) >= 11 is 3.70. The molecular formula is C15H12IN3O2S. The van der Waals surface area contributed by atoms with E-state index in [1.165, 1.54) is 0 Å². The largest absolute Gasteiger partial charge is 0.337 e. The number of thiophene rings is 1. The van der Waals surface area contributed by atoms with Crippen LogP contribution >= 0.6 is 33.9 Å². The molecular weight excluding hydrogens is 413 g/mol. The molecule has 112 valence electrons. The summed E-state index contributed by atoms with van der Waals surface area (Å²) in [4.78, 5) is 19.3. The molecule has 1 aromatic carbocycles. The molecule has 0 aliphatic rings. The van der Waals surface area contributed by atoms with E-state index in [1.807, 2.05) is 41.8 Å². The first kappa shape index (κ1) is 15.2. The van der Waals surface area contributed by atoms with Crippen molar-refractivity contribution in [2.75, 3.05) is 7.05 Å². The fourth-order valence-corrected chi connectivity index (χ4v) is 3.21. The van der Waals surface area contributed by atoms with Crippen molar-refractivity contribution < 1.29 is 9.32 Å². The van der Waals surface area contributed by atoms with E-state index >= 15 is 0 Å². The maximum absolute atomic E-state index is 12.4. The first-order chi connectivity index (χ1) is 10.6. The normalized spacial score (nSPS) is 10.6. The van der Waals surface area contributed by atoms with Crippen LogP contribution < -0.4 is 0 Å². The van der Waals surface area contributed by atoms with E-state index in [9.17, 15) is 4.79 Å². The molecule has 0 bridgehead atoms. The summed E-state index contributed by atoms with van der Waals surface area (Å²) in [7, 11) is 1.72. The molecule has 3 rings (SSSR count). The zero-order valence-electron chi connectivity index (χ0n) is 11.7. The molecule has 22 heavy (non-hydrogen) atoms. The average molecular weight is 425 g/mol. The van der Waals surface area contributed by atoms with Gasteiger partial charge in [-0.15, -0.1) is 11.3 Å². The Labute approximate surface area is 145 Å². The van der Waals surface area contributed by atoms with Crippen molar-refractivity contribution in [2.24, 2.45) is 0 Å². The molecule has 0 N–H and O–H groups in total. The molecule has 1 amide bonds. The monoisotopic (exact) mass is 425 g/mol. The second-order valence-corrected chi connectivity index (χ2v) is 6.74. The van der Waals surface area contributed by atoms with Crippen LogP contribution in [0.3, 0.4) is 0 Å². The van der Waals surface area contributed by atoms with Gasteiger partial charge in [0.25, 0.3) is 5.91 Å². The molecule has 0 aliphatic carbocycles. The minimum absolute atomic E-state index is 0.0686. The lowest BCUT2D eigenvalue weighted by atomic mass is 10.2. The van der Waals surface area contributed by atoms with Gasteiger partial charge < -0.3 is 9.42 Å². The lowest BCUT2D eigenvalue weighted by Gasteiger charge is -2.15. The lowest BCUT2D eigenvalue weighted by Crippen LogP contribution is -2.27. The maximum Gasteiger partial charge on any atom is 0.255 e. The van der Waals surface area contributed by atoms with Gasteiger partial charge in [0.1, 0.15) is 0 Å². The Morgan fingerprint density at radius 1 is 1.32 bits per heavy atom.